The van der Waals surface area contributed by atoms with E-state index >= 15 is 0 Å². The van der Waals surface area contributed by atoms with Gasteiger partial charge in [-0.3, -0.25) is 4.79 Å². The molecule has 0 bridgehead atoms. The molecular weight excluding hydrogens is 385 g/mol. The van der Waals surface area contributed by atoms with Gasteiger partial charge >= 0.3 is 0 Å². The minimum atomic E-state index is 0.116. The molecule has 3 rings (SSSR count). The lowest BCUT2D eigenvalue weighted by Crippen LogP contribution is -2.37. The normalized spacial score (nSPS) is 14.3. The van der Waals surface area contributed by atoms with Gasteiger partial charge in [-0.25, -0.2) is 0 Å². The van der Waals surface area contributed by atoms with Gasteiger partial charge in [0, 0.05) is 27.2 Å². The smallest absolute Gasteiger partial charge is 0.254 e. The summed E-state index contributed by atoms with van der Waals surface area (Å²) in [7, 11) is 0. The number of carbonyl (C=O) groups excluding carboxylic acids is 1. The molecule has 1 heterocycles. The maximum absolute atomic E-state index is 12.5. The van der Waals surface area contributed by atoms with Crippen LogP contribution in [0.2, 0.25) is 5.02 Å². The summed E-state index contributed by atoms with van der Waals surface area (Å²) in [5.74, 6) is 0.116. The zero-order valence-corrected chi connectivity index (χ0v) is 13.7. The number of fused-ring (bicyclic) bond motifs is 1. The first-order chi connectivity index (χ1) is 9.63. The molecule has 0 unspecified atom stereocenters. The minimum absolute atomic E-state index is 0.116. The third-order valence-corrected chi connectivity index (χ3v) is 4.41. The molecule has 0 fully saturated rings. The average molecular weight is 398 g/mol. The van der Waals surface area contributed by atoms with Gasteiger partial charge in [-0.1, -0.05) is 29.8 Å². The molecule has 0 saturated carbocycles. The van der Waals surface area contributed by atoms with Crippen molar-refractivity contribution in [2.75, 3.05) is 6.54 Å². The molecule has 4 heteroatoms. The maximum Gasteiger partial charge on any atom is 0.254 e. The van der Waals surface area contributed by atoms with Crippen LogP contribution in [0.1, 0.15) is 21.5 Å². The summed E-state index contributed by atoms with van der Waals surface area (Å²) in [6, 6.07) is 13.8. The number of carbonyl (C=O) groups is 1. The zero-order valence-electron chi connectivity index (χ0n) is 10.8. The molecule has 0 N–H and O–H groups in total. The molecule has 1 aliphatic rings. The monoisotopic (exact) mass is 397 g/mol. The van der Waals surface area contributed by atoms with E-state index in [4.69, 9.17) is 11.6 Å². The molecule has 1 aliphatic heterocycles. The van der Waals surface area contributed by atoms with Gasteiger partial charge in [0.1, 0.15) is 0 Å². The van der Waals surface area contributed by atoms with Gasteiger partial charge in [0.05, 0.1) is 0 Å². The summed E-state index contributed by atoms with van der Waals surface area (Å²) in [6.07, 6.45) is 0.915. The molecule has 2 aromatic rings. The fraction of sp³-hybridized carbons (Fsp3) is 0.188. The predicted octanol–water partition coefficient (Wildman–Crippen LogP) is 4.14. The van der Waals surface area contributed by atoms with Crippen LogP contribution in [0.4, 0.5) is 0 Å². The topological polar surface area (TPSA) is 20.3 Å². The van der Waals surface area contributed by atoms with Crippen molar-refractivity contribution in [1.29, 1.82) is 0 Å². The van der Waals surface area contributed by atoms with E-state index in [1.54, 1.807) is 0 Å². The number of amides is 1. The van der Waals surface area contributed by atoms with Crippen molar-refractivity contribution in [3.05, 3.63) is 67.7 Å². The van der Waals surface area contributed by atoms with Crippen LogP contribution in [0.15, 0.2) is 42.5 Å². The van der Waals surface area contributed by atoms with Gasteiger partial charge in [-0.15, -0.1) is 0 Å². The first-order valence-corrected chi connectivity index (χ1v) is 7.91. The molecule has 0 atom stereocenters. The molecule has 1 amide bonds. The van der Waals surface area contributed by atoms with Crippen LogP contribution in [0, 0.1) is 3.57 Å². The summed E-state index contributed by atoms with van der Waals surface area (Å²) in [4.78, 5) is 14.4. The highest BCUT2D eigenvalue weighted by molar-refractivity contribution is 14.1. The standard InChI is InChI=1S/C16H13ClINO/c17-13-3-1-2-11(8-13)10-19-7-6-12-4-5-14(18)9-15(12)16(19)20/h1-5,8-9H,6-7,10H2. The van der Waals surface area contributed by atoms with Gasteiger partial charge in [0.25, 0.3) is 5.91 Å². The Kier molecular flexibility index (Phi) is 3.98. The van der Waals surface area contributed by atoms with Crippen LogP contribution in [0.25, 0.3) is 0 Å². The molecule has 0 radical (unpaired) electrons. The Labute approximate surface area is 136 Å². The van der Waals surface area contributed by atoms with Crippen LogP contribution in [0.5, 0.6) is 0 Å². The summed E-state index contributed by atoms with van der Waals surface area (Å²) < 4.78 is 1.10. The van der Waals surface area contributed by atoms with Gasteiger partial charge < -0.3 is 4.90 Å². The highest BCUT2D eigenvalue weighted by Gasteiger charge is 2.24. The Bertz CT molecular complexity index is 671. The number of hydrogen-bond acceptors (Lipinski definition) is 1. The van der Waals surface area contributed by atoms with E-state index in [2.05, 4.69) is 34.7 Å². The number of rotatable bonds is 2. The molecule has 0 spiro atoms. The quantitative estimate of drug-likeness (QED) is 0.698. The number of nitrogens with zero attached hydrogens (tertiary/aromatic N) is 1. The Morgan fingerprint density at radius 1 is 1.20 bits per heavy atom. The van der Waals surface area contributed by atoms with E-state index in [-0.39, 0.29) is 5.91 Å². The first-order valence-electron chi connectivity index (χ1n) is 6.45. The van der Waals surface area contributed by atoms with Gasteiger partial charge in [-0.05, 0) is 64.4 Å². The Morgan fingerprint density at radius 2 is 2.05 bits per heavy atom. The second-order valence-electron chi connectivity index (χ2n) is 4.91. The van der Waals surface area contributed by atoms with E-state index in [0.717, 1.165) is 33.2 Å². The molecule has 0 aliphatic carbocycles. The van der Waals surface area contributed by atoms with Crippen molar-refractivity contribution < 1.29 is 4.79 Å². The van der Waals surface area contributed by atoms with Crippen molar-refractivity contribution in [3.63, 3.8) is 0 Å². The van der Waals surface area contributed by atoms with E-state index in [1.165, 1.54) is 0 Å². The van der Waals surface area contributed by atoms with Gasteiger partial charge in [0.15, 0.2) is 0 Å². The van der Waals surface area contributed by atoms with Crippen LogP contribution in [-0.4, -0.2) is 17.4 Å². The summed E-state index contributed by atoms with van der Waals surface area (Å²) in [5, 5.41) is 0.710. The van der Waals surface area contributed by atoms with Crippen molar-refractivity contribution in [2.45, 2.75) is 13.0 Å². The summed E-state index contributed by atoms with van der Waals surface area (Å²) in [6.45, 7) is 1.38. The molecule has 2 aromatic carbocycles. The number of halogens is 2. The number of hydrogen-bond donors (Lipinski definition) is 0. The molecule has 0 saturated heterocycles. The fourth-order valence-corrected chi connectivity index (χ4v) is 3.20. The fourth-order valence-electron chi connectivity index (χ4n) is 2.50. The van der Waals surface area contributed by atoms with E-state index in [1.807, 2.05) is 35.2 Å². The van der Waals surface area contributed by atoms with Crippen LogP contribution in [0.3, 0.4) is 0 Å². The molecule has 0 aromatic heterocycles. The largest absolute Gasteiger partial charge is 0.334 e. The highest BCUT2D eigenvalue weighted by atomic mass is 127. The molecule has 2 nitrogen and oxygen atoms in total. The average Bonchev–Trinajstić information content (AvgIpc) is 2.43. The lowest BCUT2D eigenvalue weighted by atomic mass is 9.99. The molecule has 102 valence electrons. The lowest BCUT2D eigenvalue weighted by Gasteiger charge is -2.28. The molecular formula is C16H13ClINO. The van der Waals surface area contributed by atoms with Crippen molar-refractivity contribution >= 4 is 40.1 Å². The zero-order chi connectivity index (χ0) is 14.1. The van der Waals surface area contributed by atoms with Crippen LogP contribution < -0.4 is 0 Å². The van der Waals surface area contributed by atoms with E-state index < -0.39 is 0 Å². The van der Waals surface area contributed by atoms with Crippen LogP contribution in [-0.2, 0) is 13.0 Å². The van der Waals surface area contributed by atoms with Crippen molar-refractivity contribution in [1.82, 2.24) is 4.90 Å². The van der Waals surface area contributed by atoms with E-state index in [0.29, 0.717) is 11.6 Å². The van der Waals surface area contributed by atoms with Crippen LogP contribution >= 0.6 is 34.2 Å². The summed E-state index contributed by atoms with van der Waals surface area (Å²) >= 11 is 8.24. The summed E-state index contributed by atoms with van der Waals surface area (Å²) in [5.41, 5.74) is 3.06. The van der Waals surface area contributed by atoms with Gasteiger partial charge in [0.2, 0.25) is 0 Å². The second-order valence-corrected chi connectivity index (χ2v) is 6.59. The third kappa shape index (κ3) is 2.83. The predicted molar refractivity (Wildman–Crippen MR) is 89.1 cm³/mol. The Morgan fingerprint density at radius 3 is 2.85 bits per heavy atom. The highest BCUT2D eigenvalue weighted by Crippen LogP contribution is 2.23. The van der Waals surface area contributed by atoms with Crippen molar-refractivity contribution in [2.24, 2.45) is 0 Å². The number of benzene rings is 2. The Hall–Kier alpha value is -1.07. The third-order valence-electron chi connectivity index (χ3n) is 3.50. The maximum atomic E-state index is 12.5. The SMILES string of the molecule is O=C1c2cc(I)ccc2CCN1Cc1cccc(Cl)c1. The molecule has 20 heavy (non-hydrogen) atoms. The van der Waals surface area contributed by atoms with Crippen molar-refractivity contribution in [3.8, 4) is 0 Å². The first kappa shape index (κ1) is 13.9. The second kappa shape index (κ2) is 5.74. The lowest BCUT2D eigenvalue weighted by molar-refractivity contribution is 0.0727. The minimum Gasteiger partial charge on any atom is -0.334 e. The Balaban J connectivity index is 1.85. The van der Waals surface area contributed by atoms with Gasteiger partial charge in [-0.2, -0.15) is 0 Å². The van der Waals surface area contributed by atoms with E-state index in [9.17, 15) is 4.79 Å².